The van der Waals surface area contributed by atoms with Crippen molar-refractivity contribution in [1.82, 2.24) is 0 Å². The maximum Gasteiger partial charge on any atom is 0.253 e. The lowest BCUT2D eigenvalue weighted by Crippen LogP contribution is -2.42. The first-order valence-corrected chi connectivity index (χ1v) is 8.46. The number of rotatable bonds is 7. The van der Waals surface area contributed by atoms with Gasteiger partial charge in [0, 0.05) is 30.3 Å². The molecule has 1 aliphatic heterocycles. The number of carbonyl (C=O) groups excluding carboxylic acids is 3. The van der Waals surface area contributed by atoms with Crippen LogP contribution >= 0.6 is 0 Å². The summed E-state index contributed by atoms with van der Waals surface area (Å²) in [6.45, 7) is 4.82. The molecule has 0 saturated carbocycles. The second-order valence-electron chi connectivity index (χ2n) is 6.34. The Labute approximate surface area is 147 Å². The van der Waals surface area contributed by atoms with E-state index in [9.17, 15) is 14.4 Å². The number of amides is 3. The Morgan fingerprint density at radius 1 is 1.40 bits per heavy atom. The minimum atomic E-state index is -0.343. The zero-order valence-electron chi connectivity index (χ0n) is 14.7. The van der Waals surface area contributed by atoms with Crippen LogP contribution in [0.3, 0.4) is 0 Å². The first kappa shape index (κ1) is 18.9. The molecule has 0 radical (unpaired) electrons. The molecule has 1 saturated heterocycles. The molecule has 7 nitrogen and oxygen atoms in total. The van der Waals surface area contributed by atoms with E-state index in [2.05, 4.69) is 5.32 Å². The average Bonchev–Trinajstić information content (AvgIpc) is 2.55. The molecule has 1 aliphatic rings. The van der Waals surface area contributed by atoms with Gasteiger partial charge >= 0.3 is 0 Å². The minimum absolute atomic E-state index is 0.0605. The number of hydrogen-bond acceptors (Lipinski definition) is 4. The topological polar surface area (TPSA) is 102 Å². The van der Waals surface area contributed by atoms with Gasteiger partial charge in [0.05, 0.1) is 6.61 Å². The summed E-state index contributed by atoms with van der Waals surface area (Å²) in [4.78, 5) is 36.6. The molecule has 1 fully saturated rings. The van der Waals surface area contributed by atoms with Gasteiger partial charge in [0.25, 0.3) is 5.91 Å². The Morgan fingerprint density at radius 2 is 2.16 bits per heavy atom. The third kappa shape index (κ3) is 5.29. The second kappa shape index (κ2) is 8.62. The maximum absolute atomic E-state index is 12.0. The number of nitrogens with one attached hydrogen (secondary N) is 1. The molecule has 25 heavy (non-hydrogen) atoms. The highest BCUT2D eigenvalue weighted by molar-refractivity contribution is 5.96. The van der Waals surface area contributed by atoms with Crippen LogP contribution in [-0.4, -0.2) is 37.5 Å². The van der Waals surface area contributed by atoms with Crippen LogP contribution in [0.15, 0.2) is 18.2 Å². The Morgan fingerprint density at radius 3 is 2.80 bits per heavy atom. The molecule has 1 aromatic rings. The Hall–Kier alpha value is -2.41. The normalized spacial score (nSPS) is 15.8. The molecule has 3 amide bonds. The zero-order chi connectivity index (χ0) is 18.4. The third-order valence-electron chi connectivity index (χ3n) is 4.28. The number of primary amides is 1. The largest absolute Gasteiger partial charge is 0.370 e. The van der Waals surface area contributed by atoms with Gasteiger partial charge in [-0.25, -0.2) is 0 Å². The highest BCUT2D eigenvalue weighted by Crippen LogP contribution is 2.25. The minimum Gasteiger partial charge on any atom is -0.370 e. The standard InChI is InChI=1S/C18H25N3O4/c1-12(18(19)24)4-3-5-16(22)20-14-6-7-15(13(2)10-14)21-8-9-25-11-17(21)23/h6-7,10,12H,3-5,8-9,11H2,1-2H3,(H2,19,24)(H,20,22). The van der Waals surface area contributed by atoms with E-state index in [1.807, 2.05) is 19.1 Å². The van der Waals surface area contributed by atoms with Gasteiger partial charge in [-0.05, 0) is 43.5 Å². The summed E-state index contributed by atoms with van der Waals surface area (Å²) in [5.74, 6) is -0.731. The van der Waals surface area contributed by atoms with Gasteiger partial charge in [-0.15, -0.1) is 0 Å². The first-order chi connectivity index (χ1) is 11.9. The number of morpholine rings is 1. The first-order valence-electron chi connectivity index (χ1n) is 8.46. The van der Waals surface area contributed by atoms with Crippen LogP contribution in [0.4, 0.5) is 11.4 Å². The van der Waals surface area contributed by atoms with Gasteiger partial charge in [-0.2, -0.15) is 0 Å². The number of anilines is 2. The van der Waals surface area contributed by atoms with Crippen LogP contribution in [0.5, 0.6) is 0 Å². The Bertz CT molecular complexity index is 660. The van der Waals surface area contributed by atoms with Crippen molar-refractivity contribution in [3.05, 3.63) is 23.8 Å². The quantitative estimate of drug-likeness (QED) is 0.782. The summed E-state index contributed by atoms with van der Waals surface area (Å²) < 4.78 is 5.14. The van der Waals surface area contributed by atoms with Gasteiger partial charge in [0.1, 0.15) is 6.61 Å². The fourth-order valence-electron chi connectivity index (χ4n) is 2.74. The lowest BCUT2D eigenvalue weighted by molar-refractivity contribution is -0.125. The van der Waals surface area contributed by atoms with Crippen LogP contribution in [0, 0.1) is 12.8 Å². The number of hydrogen-bond donors (Lipinski definition) is 2. The lowest BCUT2D eigenvalue weighted by Gasteiger charge is -2.28. The van der Waals surface area contributed by atoms with Crippen LogP contribution < -0.4 is 16.0 Å². The molecular weight excluding hydrogens is 322 g/mol. The Kier molecular flexibility index (Phi) is 6.52. The zero-order valence-corrected chi connectivity index (χ0v) is 14.7. The van der Waals surface area contributed by atoms with Crippen molar-refractivity contribution in [2.75, 3.05) is 30.0 Å². The number of nitrogens with zero attached hydrogens (tertiary/aromatic N) is 1. The van der Waals surface area contributed by atoms with Crippen molar-refractivity contribution in [2.45, 2.75) is 33.1 Å². The number of carbonyl (C=O) groups is 3. The summed E-state index contributed by atoms with van der Waals surface area (Å²) in [7, 11) is 0. The number of benzene rings is 1. The van der Waals surface area contributed by atoms with Crippen molar-refractivity contribution < 1.29 is 19.1 Å². The van der Waals surface area contributed by atoms with E-state index in [1.54, 1.807) is 17.9 Å². The van der Waals surface area contributed by atoms with E-state index in [4.69, 9.17) is 10.5 Å². The van der Waals surface area contributed by atoms with Crippen LogP contribution in [-0.2, 0) is 19.1 Å². The molecule has 1 atom stereocenters. The lowest BCUT2D eigenvalue weighted by atomic mass is 10.0. The van der Waals surface area contributed by atoms with Gasteiger partial charge in [-0.1, -0.05) is 6.92 Å². The second-order valence-corrected chi connectivity index (χ2v) is 6.34. The van der Waals surface area contributed by atoms with Gasteiger partial charge < -0.3 is 20.7 Å². The van der Waals surface area contributed by atoms with E-state index in [0.29, 0.717) is 38.1 Å². The van der Waals surface area contributed by atoms with Crippen molar-refractivity contribution >= 4 is 29.1 Å². The molecule has 0 aromatic heterocycles. The van der Waals surface area contributed by atoms with Gasteiger partial charge in [-0.3, -0.25) is 14.4 Å². The van der Waals surface area contributed by atoms with Crippen molar-refractivity contribution in [3.63, 3.8) is 0 Å². The van der Waals surface area contributed by atoms with Crippen LogP contribution in [0.25, 0.3) is 0 Å². The molecule has 136 valence electrons. The van der Waals surface area contributed by atoms with E-state index in [1.165, 1.54) is 0 Å². The molecule has 1 aromatic carbocycles. The maximum atomic E-state index is 12.0. The predicted molar refractivity (Wildman–Crippen MR) is 95.2 cm³/mol. The summed E-state index contributed by atoms with van der Waals surface area (Å²) in [5, 5.41) is 2.84. The van der Waals surface area contributed by atoms with E-state index < -0.39 is 0 Å². The highest BCUT2D eigenvalue weighted by atomic mass is 16.5. The summed E-state index contributed by atoms with van der Waals surface area (Å²) in [5.41, 5.74) is 7.64. The molecule has 0 aliphatic carbocycles. The van der Waals surface area contributed by atoms with Crippen LogP contribution in [0.2, 0.25) is 0 Å². The molecular formula is C18H25N3O4. The molecule has 2 rings (SSSR count). The average molecular weight is 347 g/mol. The highest BCUT2D eigenvalue weighted by Gasteiger charge is 2.21. The summed E-state index contributed by atoms with van der Waals surface area (Å²) in [6, 6.07) is 5.47. The molecule has 0 bridgehead atoms. The van der Waals surface area contributed by atoms with Crippen molar-refractivity contribution in [3.8, 4) is 0 Å². The fourth-order valence-corrected chi connectivity index (χ4v) is 2.74. The predicted octanol–water partition coefficient (Wildman–Crippen LogP) is 1.59. The van der Waals surface area contributed by atoms with E-state index >= 15 is 0 Å². The number of nitrogens with two attached hydrogens (primary N) is 1. The molecule has 0 spiro atoms. The molecule has 7 heteroatoms. The van der Waals surface area contributed by atoms with Gasteiger partial charge in [0.15, 0.2) is 0 Å². The SMILES string of the molecule is Cc1cc(NC(=O)CCCC(C)C(N)=O)ccc1N1CCOCC1=O. The molecule has 1 heterocycles. The van der Waals surface area contributed by atoms with Crippen LogP contribution in [0.1, 0.15) is 31.7 Å². The van der Waals surface area contributed by atoms with Crippen molar-refractivity contribution in [2.24, 2.45) is 11.7 Å². The van der Waals surface area contributed by atoms with Gasteiger partial charge in [0.2, 0.25) is 11.8 Å². The summed E-state index contributed by atoms with van der Waals surface area (Å²) >= 11 is 0. The monoisotopic (exact) mass is 347 g/mol. The smallest absolute Gasteiger partial charge is 0.253 e. The van der Waals surface area contributed by atoms with E-state index in [0.717, 1.165) is 11.3 Å². The van der Waals surface area contributed by atoms with Crippen molar-refractivity contribution in [1.29, 1.82) is 0 Å². The number of aryl methyl sites for hydroxylation is 1. The Balaban J connectivity index is 1.90. The van der Waals surface area contributed by atoms with E-state index in [-0.39, 0.29) is 30.2 Å². The molecule has 3 N–H and O–H groups in total. The third-order valence-corrected chi connectivity index (χ3v) is 4.28. The summed E-state index contributed by atoms with van der Waals surface area (Å²) in [6.07, 6.45) is 1.54. The number of ether oxygens (including phenoxy) is 1. The molecule has 1 unspecified atom stereocenters. The fraction of sp³-hybridized carbons (Fsp3) is 0.500.